The van der Waals surface area contributed by atoms with E-state index in [0.29, 0.717) is 31.9 Å². The molecule has 1 aliphatic heterocycles. The summed E-state index contributed by atoms with van der Waals surface area (Å²) < 4.78 is 14.7. The number of amides is 1. The second-order valence-corrected chi connectivity index (χ2v) is 8.68. The SMILES string of the molecule is CC(C)(C(=O)N1CCN(c2ccc(F)c(Cl)c2)CC1)n1nc(-c2ccccc2)ccc1=O. The van der Waals surface area contributed by atoms with Gasteiger partial charge in [-0.05, 0) is 38.1 Å². The van der Waals surface area contributed by atoms with Gasteiger partial charge in [-0.25, -0.2) is 9.07 Å². The standard InChI is InChI=1S/C24H24ClFN4O2/c1-24(2,30-22(31)11-10-21(27-30)17-6-4-3-5-7-17)23(32)29-14-12-28(13-15-29)18-8-9-20(26)19(25)16-18/h3-11,16H,12-15H2,1-2H3. The molecule has 0 bridgehead atoms. The van der Waals surface area contributed by atoms with Crippen LogP contribution in [0.1, 0.15) is 13.8 Å². The highest BCUT2D eigenvalue weighted by Gasteiger charge is 2.37. The third kappa shape index (κ3) is 4.25. The maximum atomic E-state index is 13.5. The molecule has 0 spiro atoms. The molecular formula is C24H24ClFN4O2. The van der Waals surface area contributed by atoms with Gasteiger partial charge in [-0.1, -0.05) is 41.9 Å². The van der Waals surface area contributed by atoms with Crippen LogP contribution in [-0.4, -0.2) is 46.8 Å². The highest BCUT2D eigenvalue weighted by molar-refractivity contribution is 6.31. The Kier molecular flexibility index (Phi) is 6.02. The Morgan fingerprint density at radius 2 is 1.69 bits per heavy atom. The number of piperazine rings is 1. The third-order valence-corrected chi connectivity index (χ3v) is 6.05. The zero-order chi connectivity index (χ0) is 22.9. The van der Waals surface area contributed by atoms with Gasteiger partial charge in [0, 0.05) is 43.5 Å². The van der Waals surface area contributed by atoms with Crippen molar-refractivity contribution in [2.24, 2.45) is 0 Å². The minimum atomic E-state index is -1.15. The lowest BCUT2D eigenvalue weighted by molar-refractivity contribution is -0.140. The van der Waals surface area contributed by atoms with Crippen LogP contribution in [-0.2, 0) is 10.3 Å². The zero-order valence-electron chi connectivity index (χ0n) is 18.0. The minimum Gasteiger partial charge on any atom is -0.368 e. The molecule has 8 heteroatoms. The molecule has 1 fully saturated rings. The number of carbonyl (C=O) groups excluding carboxylic acids is 1. The van der Waals surface area contributed by atoms with Crippen molar-refractivity contribution in [3.05, 3.63) is 81.9 Å². The molecule has 0 atom stereocenters. The third-order valence-electron chi connectivity index (χ3n) is 5.76. The van der Waals surface area contributed by atoms with Crippen LogP contribution in [0.3, 0.4) is 0 Å². The number of hydrogen-bond acceptors (Lipinski definition) is 4. The van der Waals surface area contributed by atoms with Crippen LogP contribution in [0.5, 0.6) is 0 Å². The number of nitrogens with zero attached hydrogens (tertiary/aromatic N) is 4. The van der Waals surface area contributed by atoms with Crippen molar-refractivity contribution in [3.8, 4) is 11.3 Å². The summed E-state index contributed by atoms with van der Waals surface area (Å²) >= 11 is 5.91. The van der Waals surface area contributed by atoms with Crippen molar-refractivity contribution in [3.63, 3.8) is 0 Å². The van der Waals surface area contributed by atoms with Crippen LogP contribution in [0.4, 0.5) is 10.1 Å². The molecule has 1 amide bonds. The van der Waals surface area contributed by atoms with Gasteiger partial charge < -0.3 is 9.80 Å². The number of aromatic nitrogens is 2. The maximum absolute atomic E-state index is 13.5. The number of halogens is 2. The normalized spacial score (nSPS) is 14.5. The molecule has 32 heavy (non-hydrogen) atoms. The summed E-state index contributed by atoms with van der Waals surface area (Å²) in [6, 6.07) is 17.3. The summed E-state index contributed by atoms with van der Waals surface area (Å²) in [5, 5.41) is 4.58. The first-order chi connectivity index (χ1) is 15.3. The molecule has 3 aromatic rings. The van der Waals surface area contributed by atoms with Crippen molar-refractivity contribution in [2.45, 2.75) is 19.4 Å². The fourth-order valence-corrected chi connectivity index (χ4v) is 4.08. The van der Waals surface area contributed by atoms with E-state index in [4.69, 9.17) is 11.6 Å². The van der Waals surface area contributed by atoms with Gasteiger partial charge in [-0.3, -0.25) is 9.59 Å². The first-order valence-electron chi connectivity index (χ1n) is 10.4. The Balaban J connectivity index is 1.52. The summed E-state index contributed by atoms with van der Waals surface area (Å²) in [7, 11) is 0. The lowest BCUT2D eigenvalue weighted by Crippen LogP contribution is -2.56. The van der Waals surface area contributed by atoms with E-state index >= 15 is 0 Å². The second-order valence-electron chi connectivity index (χ2n) is 8.27. The van der Waals surface area contributed by atoms with Crippen LogP contribution < -0.4 is 10.5 Å². The minimum absolute atomic E-state index is 0.0749. The first kappa shape index (κ1) is 22.0. The molecule has 1 aromatic heterocycles. The van der Waals surface area contributed by atoms with Gasteiger partial charge in [-0.15, -0.1) is 0 Å². The molecule has 0 N–H and O–H groups in total. The predicted molar refractivity (Wildman–Crippen MR) is 123 cm³/mol. The van der Waals surface area contributed by atoms with E-state index in [9.17, 15) is 14.0 Å². The number of carbonyl (C=O) groups is 1. The van der Waals surface area contributed by atoms with E-state index in [1.807, 2.05) is 30.3 Å². The van der Waals surface area contributed by atoms with Crippen LogP contribution in [0.15, 0.2) is 65.5 Å². The predicted octanol–water partition coefficient (Wildman–Crippen LogP) is 3.79. The Morgan fingerprint density at radius 1 is 1.00 bits per heavy atom. The van der Waals surface area contributed by atoms with Crippen LogP contribution in [0.2, 0.25) is 5.02 Å². The van der Waals surface area contributed by atoms with E-state index in [-0.39, 0.29) is 16.5 Å². The summed E-state index contributed by atoms with van der Waals surface area (Å²) in [5.74, 6) is -0.629. The Bertz CT molecular complexity index is 1190. The van der Waals surface area contributed by atoms with Crippen molar-refractivity contribution in [1.82, 2.24) is 14.7 Å². The van der Waals surface area contributed by atoms with Gasteiger partial charge in [0.25, 0.3) is 5.56 Å². The highest BCUT2D eigenvalue weighted by atomic mass is 35.5. The molecule has 6 nitrogen and oxygen atoms in total. The average molecular weight is 455 g/mol. The Labute approximate surface area is 190 Å². The van der Waals surface area contributed by atoms with E-state index in [0.717, 1.165) is 11.3 Å². The lowest BCUT2D eigenvalue weighted by atomic mass is 10.0. The van der Waals surface area contributed by atoms with Gasteiger partial charge in [0.15, 0.2) is 0 Å². The fraction of sp³-hybridized carbons (Fsp3) is 0.292. The molecule has 0 aliphatic carbocycles. The molecule has 2 heterocycles. The van der Waals surface area contributed by atoms with Gasteiger partial charge in [0.1, 0.15) is 11.4 Å². The van der Waals surface area contributed by atoms with Crippen LogP contribution in [0.25, 0.3) is 11.3 Å². The first-order valence-corrected chi connectivity index (χ1v) is 10.8. The van der Waals surface area contributed by atoms with E-state index in [1.165, 1.54) is 16.8 Å². The smallest absolute Gasteiger partial charge is 0.267 e. The number of hydrogen-bond donors (Lipinski definition) is 0. The fourth-order valence-electron chi connectivity index (χ4n) is 3.90. The molecule has 0 unspecified atom stereocenters. The van der Waals surface area contributed by atoms with Crippen molar-refractivity contribution < 1.29 is 9.18 Å². The monoisotopic (exact) mass is 454 g/mol. The molecule has 2 aromatic carbocycles. The quantitative estimate of drug-likeness (QED) is 0.602. The van der Waals surface area contributed by atoms with Gasteiger partial charge in [0.2, 0.25) is 5.91 Å². The molecular weight excluding hydrogens is 431 g/mol. The number of anilines is 1. The second kappa shape index (κ2) is 8.74. The van der Waals surface area contributed by atoms with Crippen LogP contribution >= 0.6 is 11.6 Å². The van der Waals surface area contributed by atoms with E-state index < -0.39 is 11.4 Å². The average Bonchev–Trinajstić information content (AvgIpc) is 2.81. The van der Waals surface area contributed by atoms with Crippen molar-refractivity contribution in [1.29, 1.82) is 0 Å². The lowest BCUT2D eigenvalue weighted by Gasteiger charge is -2.39. The molecule has 4 rings (SSSR count). The van der Waals surface area contributed by atoms with Gasteiger partial charge >= 0.3 is 0 Å². The van der Waals surface area contributed by atoms with Crippen LogP contribution in [0, 0.1) is 5.82 Å². The largest absolute Gasteiger partial charge is 0.368 e. The summed E-state index contributed by atoms with van der Waals surface area (Å²) in [6.45, 7) is 5.54. The summed E-state index contributed by atoms with van der Waals surface area (Å²) in [4.78, 5) is 29.8. The molecule has 0 radical (unpaired) electrons. The summed E-state index contributed by atoms with van der Waals surface area (Å²) in [5.41, 5.74) is 0.836. The molecule has 1 saturated heterocycles. The number of benzene rings is 2. The Morgan fingerprint density at radius 3 is 2.34 bits per heavy atom. The zero-order valence-corrected chi connectivity index (χ0v) is 18.7. The van der Waals surface area contributed by atoms with Gasteiger partial charge in [-0.2, -0.15) is 5.10 Å². The molecule has 1 aliphatic rings. The summed E-state index contributed by atoms with van der Waals surface area (Å²) in [6.07, 6.45) is 0. The number of rotatable bonds is 4. The van der Waals surface area contributed by atoms with Gasteiger partial charge in [0.05, 0.1) is 10.7 Å². The van der Waals surface area contributed by atoms with Crippen molar-refractivity contribution >= 4 is 23.2 Å². The van der Waals surface area contributed by atoms with E-state index in [1.54, 1.807) is 36.9 Å². The molecule has 0 saturated carbocycles. The van der Waals surface area contributed by atoms with Crippen molar-refractivity contribution in [2.75, 3.05) is 31.1 Å². The Hall–Kier alpha value is -3.19. The molecule has 166 valence electrons. The topological polar surface area (TPSA) is 58.4 Å². The maximum Gasteiger partial charge on any atom is 0.267 e. The highest BCUT2D eigenvalue weighted by Crippen LogP contribution is 2.25. The van der Waals surface area contributed by atoms with E-state index in [2.05, 4.69) is 10.00 Å².